The number of rotatable bonds is 10. The van der Waals surface area contributed by atoms with E-state index in [9.17, 15) is 24.6 Å². The molecule has 1 aliphatic carbocycles. The summed E-state index contributed by atoms with van der Waals surface area (Å²) in [5.74, 6) is -3.93. The van der Waals surface area contributed by atoms with Crippen molar-refractivity contribution in [3.8, 4) is 0 Å². The Morgan fingerprint density at radius 2 is 1.34 bits per heavy atom. The molecule has 0 unspecified atom stereocenters. The van der Waals surface area contributed by atoms with Crippen LogP contribution in [0.25, 0.3) is 0 Å². The molecule has 2 aromatic carbocycles. The van der Waals surface area contributed by atoms with E-state index in [0.717, 1.165) is 24.0 Å². The molecule has 6 heteroatoms. The molecule has 1 amide bonds. The minimum atomic E-state index is -0.930. The predicted molar refractivity (Wildman–Crippen MR) is 121 cm³/mol. The van der Waals surface area contributed by atoms with Gasteiger partial charge >= 0.3 is 11.9 Å². The Bertz CT molecular complexity index is 899. The Hall–Kier alpha value is -3.15. The van der Waals surface area contributed by atoms with E-state index in [2.05, 4.69) is 5.32 Å². The fourth-order valence-corrected chi connectivity index (χ4v) is 4.59. The number of carbonyl (C=O) groups excluding carboxylic acids is 1. The maximum absolute atomic E-state index is 13.3. The number of carbonyl (C=O) groups is 3. The fraction of sp³-hybridized carbons (Fsp3) is 0.423. The van der Waals surface area contributed by atoms with Gasteiger partial charge in [-0.25, -0.2) is 0 Å². The Kier molecular flexibility index (Phi) is 8.42. The first-order valence-corrected chi connectivity index (χ1v) is 11.3. The second-order valence-electron chi connectivity index (χ2n) is 8.69. The molecule has 1 aliphatic rings. The van der Waals surface area contributed by atoms with Gasteiger partial charge in [-0.05, 0) is 43.2 Å². The van der Waals surface area contributed by atoms with Gasteiger partial charge in [0, 0.05) is 12.0 Å². The third-order valence-electron chi connectivity index (χ3n) is 6.35. The van der Waals surface area contributed by atoms with Gasteiger partial charge in [0.2, 0.25) is 5.91 Å². The van der Waals surface area contributed by atoms with E-state index in [4.69, 9.17) is 0 Å². The highest BCUT2D eigenvalue weighted by atomic mass is 16.4. The van der Waals surface area contributed by atoms with Gasteiger partial charge in [-0.15, -0.1) is 0 Å². The number of carboxylic acid groups (broad SMARTS) is 2. The van der Waals surface area contributed by atoms with E-state index >= 15 is 0 Å². The van der Waals surface area contributed by atoms with Gasteiger partial charge in [-0.3, -0.25) is 14.4 Å². The van der Waals surface area contributed by atoms with Gasteiger partial charge in [-0.1, -0.05) is 73.5 Å². The molecule has 0 aliphatic heterocycles. The topological polar surface area (TPSA) is 104 Å². The smallest absolute Gasteiger partial charge is 0.308 e. The molecule has 0 aromatic heterocycles. The molecule has 0 heterocycles. The van der Waals surface area contributed by atoms with E-state index < -0.39 is 35.7 Å². The van der Waals surface area contributed by atoms with Crippen LogP contribution in [0, 0.1) is 17.8 Å². The Labute approximate surface area is 188 Å². The number of amides is 1. The summed E-state index contributed by atoms with van der Waals surface area (Å²) in [5, 5.41) is 22.4. The molecule has 32 heavy (non-hydrogen) atoms. The van der Waals surface area contributed by atoms with Crippen LogP contribution in [0.5, 0.6) is 0 Å². The van der Waals surface area contributed by atoms with Crippen molar-refractivity contribution in [3.63, 3.8) is 0 Å². The Balaban J connectivity index is 1.77. The largest absolute Gasteiger partial charge is 0.481 e. The van der Waals surface area contributed by atoms with Crippen molar-refractivity contribution in [1.82, 2.24) is 5.32 Å². The van der Waals surface area contributed by atoms with Gasteiger partial charge in [0.15, 0.2) is 0 Å². The average molecular weight is 438 g/mol. The number of benzene rings is 2. The summed E-state index contributed by atoms with van der Waals surface area (Å²) in [5.41, 5.74) is 1.87. The molecular weight excluding hydrogens is 406 g/mol. The van der Waals surface area contributed by atoms with Crippen LogP contribution in [0.1, 0.15) is 43.2 Å². The Morgan fingerprint density at radius 3 is 1.88 bits per heavy atom. The molecule has 0 spiro atoms. The standard InChI is InChI=1S/C26H31NO5/c28-24(27-23-14-8-7-13-22(23)26(31)32)20(15-18-9-3-1-4-10-18)17-21(25(29)30)16-19-11-5-2-6-12-19/h1-6,9-12,20-23H,7-8,13-17H2,(H,27,28)(H,29,30)(H,31,32)/t20-,21-,22+,23-/m0/s1. The van der Waals surface area contributed by atoms with Crippen molar-refractivity contribution in [2.45, 2.75) is 51.0 Å². The molecular formula is C26H31NO5. The number of hydrogen-bond donors (Lipinski definition) is 3. The second-order valence-corrected chi connectivity index (χ2v) is 8.69. The van der Waals surface area contributed by atoms with E-state index in [1.165, 1.54) is 0 Å². The van der Waals surface area contributed by atoms with Crippen molar-refractivity contribution in [3.05, 3.63) is 71.8 Å². The minimum absolute atomic E-state index is 0.190. The zero-order valence-corrected chi connectivity index (χ0v) is 18.2. The highest BCUT2D eigenvalue weighted by Crippen LogP contribution is 2.27. The molecule has 0 bridgehead atoms. The van der Waals surface area contributed by atoms with E-state index in [1.54, 1.807) is 0 Å². The first-order valence-electron chi connectivity index (χ1n) is 11.3. The van der Waals surface area contributed by atoms with E-state index in [1.807, 2.05) is 60.7 Å². The van der Waals surface area contributed by atoms with Gasteiger partial charge in [0.25, 0.3) is 0 Å². The van der Waals surface area contributed by atoms with Gasteiger partial charge < -0.3 is 15.5 Å². The van der Waals surface area contributed by atoms with Crippen LogP contribution in [0.15, 0.2) is 60.7 Å². The van der Waals surface area contributed by atoms with Gasteiger partial charge in [0.1, 0.15) is 0 Å². The lowest BCUT2D eigenvalue weighted by Gasteiger charge is -2.31. The van der Waals surface area contributed by atoms with Crippen LogP contribution in [-0.2, 0) is 27.2 Å². The SMILES string of the molecule is O=C(O)[C@@H](Cc1ccccc1)C[C@H](Cc1ccccc1)C(=O)N[C@H]1CCCC[C@H]1C(=O)O. The van der Waals surface area contributed by atoms with Crippen LogP contribution in [-0.4, -0.2) is 34.1 Å². The molecule has 1 fully saturated rings. The van der Waals surface area contributed by atoms with E-state index in [-0.39, 0.29) is 12.3 Å². The minimum Gasteiger partial charge on any atom is -0.481 e. The molecule has 0 radical (unpaired) electrons. The highest BCUT2D eigenvalue weighted by molar-refractivity contribution is 5.81. The third-order valence-corrected chi connectivity index (χ3v) is 6.35. The van der Waals surface area contributed by atoms with Gasteiger partial charge in [0.05, 0.1) is 11.8 Å². The summed E-state index contributed by atoms with van der Waals surface area (Å²) < 4.78 is 0. The predicted octanol–water partition coefficient (Wildman–Crippen LogP) is 3.94. The lowest BCUT2D eigenvalue weighted by atomic mass is 9.82. The third kappa shape index (κ3) is 6.67. The van der Waals surface area contributed by atoms with Crippen molar-refractivity contribution >= 4 is 17.8 Å². The lowest BCUT2D eigenvalue weighted by Crippen LogP contribution is -2.47. The summed E-state index contributed by atoms with van der Waals surface area (Å²) in [6.45, 7) is 0. The van der Waals surface area contributed by atoms with Gasteiger partial charge in [-0.2, -0.15) is 0 Å². The lowest BCUT2D eigenvalue weighted by molar-refractivity contribution is -0.144. The summed E-state index contributed by atoms with van der Waals surface area (Å²) >= 11 is 0. The molecule has 170 valence electrons. The molecule has 3 N–H and O–H groups in total. The zero-order valence-electron chi connectivity index (χ0n) is 18.2. The van der Waals surface area contributed by atoms with Crippen molar-refractivity contribution in [1.29, 1.82) is 0 Å². The van der Waals surface area contributed by atoms with Crippen LogP contribution < -0.4 is 5.32 Å². The molecule has 4 atom stereocenters. The molecule has 6 nitrogen and oxygen atoms in total. The van der Waals surface area contributed by atoms with Crippen LogP contribution >= 0.6 is 0 Å². The number of hydrogen-bond acceptors (Lipinski definition) is 3. The number of aliphatic carboxylic acids is 2. The summed E-state index contributed by atoms with van der Waals surface area (Å²) in [4.78, 5) is 37.0. The normalized spacial score (nSPS) is 20.1. The molecule has 2 aromatic rings. The fourth-order valence-electron chi connectivity index (χ4n) is 4.59. The van der Waals surface area contributed by atoms with Crippen LogP contribution in [0.4, 0.5) is 0 Å². The zero-order chi connectivity index (χ0) is 22.9. The quantitative estimate of drug-likeness (QED) is 0.522. The number of nitrogens with one attached hydrogen (secondary N) is 1. The van der Waals surface area contributed by atoms with Crippen LogP contribution in [0.2, 0.25) is 0 Å². The second kappa shape index (κ2) is 11.5. The highest BCUT2D eigenvalue weighted by Gasteiger charge is 2.34. The van der Waals surface area contributed by atoms with Crippen molar-refractivity contribution in [2.24, 2.45) is 17.8 Å². The van der Waals surface area contributed by atoms with Crippen molar-refractivity contribution in [2.75, 3.05) is 0 Å². The first kappa shape index (κ1) is 23.5. The average Bonchev–Trinajstić information content (AvgIpc) is 2.79. The molecule has 0 saturated heterocycles. The maximum Gasteiger partial charge on any atom is 0.308 e. The molecule has 3 rings (SSSR count). The summed E-state index contributed by atoms with van der Waals surface area (Å²) in [6.07, 6.45) is 3.85. The Morgan fingerprint density at radius 1 is 0.812 bits per heavy atom. The first-order chi connectivity index (χ1) is 15.4. The summed E-state index contributed by atoms with van der Waals surface area (Å²) in [6, 6.07) is 18.5. The maximum atomic E-state index is 13.3. The number of carboxylic acids is 2. The van der Waals surface area contributed by atoms with E-state index in [0.29, 0.717) is 25.7 Å². The van der Waals surface area contributed by atoms with Crippen molar-refractivity contribution < 1.29 is 24.6 Å². The van der Waals surface area contributed by atoms with Crippen LogP contribution in [0.3, 0.4) is 0 Å². The monoisotopic (exact) mass is 437 g/mol. The summed E-state index contributed by atoms with van der Waals surface area (Å²) in [7, 11) is 0. The molecule has 1 saturated carbocycles.